The molecule has 1 aliphatic rings. The van der Waals surface area contributed by atoms with Gasteiger partial charge in [-0.05, 0) is 37.0 Å². The Morgan fingerprint density at radius 3 is 2.75 bits per heavy atom. The van der Waals surface area contributed by atoms with Crippen molar-refractivity contribution in [3.63, 3.8) is 0 Å². The van der Waals surface area contributed by atoms with Crippen molar-refractivity contribution in [1.82, 2.24) is 19.9 Å². The molecule has 1 saturated heterocycles. The van der Waals surface area contributed by atoms with Crippen molar-refractivity contribution in [2.75, 3.05) is 30.4 Å². The molecule has 0 spiro atoms. The summed E-state index contributed by atoms with van der Waals surface area (Å²) in [4.78, 5) is 48.2. The molecule has 32 heavy (non-hydrogen) atoms. The number of piperidine rings is 1. The second-order valence-electron chi connectivity index (χ2n) is 7.82. The van der Waals surface area contributed by atoms with Gasteiger partial charge in [-0.25, -0.2) is 4.98 Å². The third-order valence-electron chi connectivity index (χ3n) is 5.64. The Bertz CT molecular complexity index is 1190. The molecule has 0 radical (unpaired) electrons. The number of anilines is 2. The van der Waals surface area contributed by atoms with E-state index in [1.54, 1.807) is 7.05 Å². The maximum atomic E-state index is 12.9. The maximum Gasteiger partial charge on any atom is 0.273 e. The van der Waals surface area contributed by atoms with E-state index in [1.165, 1.54) is 27.8 Å². The lowest BCUT2D eigenvalue weighted by molar-refractivity contribution is -0.124. The van der Waals surface area contributed by atoms with Crippen LogP contribution in [0.5, 0.6) is 0 Å². The minimum absolute atomic E-state index is 0.0200. The highest BCUT2D eigenvalue weighted by atomic mass is 32.1. The van der Waals surface area contributed by atoms with Crippen LogP contribution in [0.4, 0.5) is 10.8 Å². The number of amides is 2. The molecule has 0 bridgehead atoms. The molecule has 1 fully saturated rings. The standard InChI is InChI=1S/C22H26N6O3S/c1-3-14-6-8-16(9-7-14)25-17(29)12-28-13-24-19-18(21(28)31)32-22(26-19)27-10-4-5-15(11-27)20(30)23-2/h6-9,13,15H,3-5,10-12H2,1-2H3,(H,23,30)(H,25,29). The van der Waals surface area contributed by atoms with Crippen LogP contribution < -0.4 is 21.1 Å². The summed E-state index contributed by atoms with van der Waals surface area (Å²) < 4.78 is 1.70. The molecule has 168 valence electrons. The molecule has 1 unspecified atom stereocenters. The summed E-state index contributed by atoms with van der Waals surface area (Å²) in [5.41, 5.74) is 1.94. The molecule has 4 rings (SSSR count). The largest absolute Gasteiger partial charge is 0.359 e. The van der Waals surface area contributed by atoms with Crippen LogP contribution in [0, 0.1) is 5.92 Å². The van der Waals surface area contributed by atoms with Gasteiger partial charge in [0.05, 0.1) is 5.92 Å². The van der Waals surface area contributed by atoms with E-state index in [2.05, 4.69) is 27.5 Å². The first-order valence-corrected chi connectivity index (χ1v) is 11.5. The van der Waals surface area contributed by atoms with Crippen molar-refractivity contribution in [2.45, 2.75) is 32.7 Å². The monoisotopic (exact) mass is 454 g/mol. The SMILES string of the molecule is CCc1ccc(NC(=O)Cn2cnc3nc(N4CCCC(C(=O)NC)C4)sc3c2=O)cc1. The molecule has 10 heteroatoms. The van der Waals surface area contributed by atoms with E-state index in [-0.39, 0.29) is 29.8 Å². The van der Waals surface area contributed by atoms with E-state index < -0.39 is 0 Å². The molecule has 2 N–H and O–H groups in total. The summed E-state index contributed by atoms with van der Waals surface area (Å²) in [6.45, 7) is 3.28. The third kappa shape index (κ3) is 4.64. The van der Waals surface area contributed by atoms with Crippen LogP contribution in [0.25, 0.3) is 10.3 Å². The van der Waals surface area contributed by atoms with E-state index >= 15 is 0 Å². The Balaban J connectivity index is 1.49. The molecular formula is C22H26N6O3S. The highest BCUT2D eigenvalue weighted by Crippen LogP contribution is 2.29. The van der Waals surface area contributed by atoms with Gasteiger partial charge in [0.2, 0.25) is 11.8 Å². The number of aromatic nitrogens is 3. The summed E-state index contributed by atoms with van der Waals surface area (Å²) in [5.74, 6) is -0.376. The minimum Gasteiger partial charge on any atom is -0.359 e. The van der Waals surface area contributed by atoms with Crippen molar-refractivity contribution >= 4 is 44.3 Å². The van der Waals surface area contributed by atoms with Crippen molar-refractivity contribution in [3.05, 3.63) is 46.5 Å². The van der Waals surface area contributed by atoms with Crippen LogP contribution in [0.3, 0.4) is 0 Å². The van der Waals surface area contributed by atoms with Crippen molar-refractivity contribution in [1.29, 1.82) is 0 Å². The molecule has 1 aliphatic heterocycles. The molecule has 0 saturated carbocycles. The Morgan fingerprint density at radius 1 is 1.25 bits per heavy atom. The minimum atomic E-state index is -0.299. The van der Waals surface area contributed by atoms with Crippen LogP contribution in [-0.4, -0.2) is 46.5 Å². The number of hydrogen-bond donors (Lipinski definition) is 2. The Labute approximate surface area is 189 Å². The average molecular weight is 455 g/mol. The highest BCUT2D eigenvalue weighted by molar-refractivity contribution is 7.22. The highest BCUT2D eigenvalue weighted by Gasteiger charge is 2.27. The number of nitrogens with zero attached hydrogens (tertiary/aromatic N) is 4. The summed E-state index contributed by atoms with van der Waals surface area (Å²) in [6, 6.07) is 7.62. The first-order valence-electron chi connectivity index (χ1n) is 10.7. The van der Waals surface area contributed by atoms with Crippen LogP contribution in [0.2, 0.25) is 0 Å². The lowest BCUT2D eigenvalue weighted by atomic mass is 9.98. The summed E-state index contributed by atoms with van der Waals surface area (Å²) in [6.07, 6.45) is 4.00. The van der Waals surface area contributed by atoms with E-state index in [4.69, 9.17) is 0 Å². The molecule has 2 aromatic heterocycles. The Hall–Kier alpha value is -3.27. The van der Waals surface area contributed by atoms with Crippen molar-refractivity contribution < 1.29 is 9.59 Å². The van der Waals surface area contributed by atoms with Gasteiger partial charge in [0.25, 0.3) is 5.56 Å². The van der Waals surface area contributed by atoms with Gasteiger partial charge in [-0.1, -0.05) is 30.4 Å². The maximum absolute atomic E-state index is 12.9. The lowest BCUT2D eigenvalue weighted by Gasteiger charge is -2.31. The topological polar surface area (TPSA) is 109 Å². The molecule has 0 aliphatic carbocycles. The first-order chi connectivity index (χ1) is 15.5. The fourth-order valence-electron chi connectivity index (χ4n) is 3.83. The smallest absolute Gasteiger partial charge is 0.273 e. The van der Waals surface area contributed by atoms with Crippen LogP contribution >= 0.6 is 11.3 Å². The van der Waals surface area contributed by atoms with Crippen LogP contribution in [0.15, 0.2) is 35.4 Å². The van der Waals surface area contributed by atoms with Gasteiger partial charge in [0.15, 0.2) is 10.8 Å². The average Bonchev–Trinajstić information content (AvgIpc) is 3.26. The number of aryl methyl sites for hydroxylation is 1. The summed E-state index contributed by atoms with van der Waals surface area (Å²) >= 11 is 1.26. The number of hydrogen-bond acceptors (Lipinski definition) is 7. The van der Waals surface area contributed by atoms with Gasteiger partial charge < -0.3 is 15.5 Å². The van der Waals surface area contributed by atoms with E-state index in [9.17, 15) is 14.4 Å². The third-order valence-corrected chi connectivity index (χ3v) is 6.73. The van der Waals surface area contributed by atoms with Crippen LogP contribution in [-0.2, 0) is 22.6 Å². The number of carbonyl (C=O) groups excluding carboxylic acids is 2. The zero-order chi connectivity index (χ0) is 22.7. The van der Waals surface area contributed by atoms with Gasteiger partial charge in [-0.2, -0.15) is 4.98 Å². The van der Waals surface area contributed by atoms with Gasteiger partial charge in [0, 0.05) is 25.8 Å². The first kappa shape index (κ1) is 21.9. The fraction of sp³-hybridized carbons (Fsp3) is 0.409. The summed E-state index contributed by atoms with van der Waals surface area (Å²) in [7, 11) is 1.64. The molecule has 9 nitrogen and oxygen atoms in total. The number of rotatable bonds is 6. The van der Waals surface area contributed by atoms with E-state index in [0.29, 0.717) is 27.7 Å². The zero-order valence-electron chi connectivity index (χ0n) is 18.1. The second kappa shape index (κ2) is 9.47. The van der Waals surface area contributed by atoms with Crippen molar-refractivity contribution in [3.8, 4) is 0 Å². The predicted octanol–water partition coefficient (Wildman–Crippen LogP) is 2.02. The number of thiazole rings is 1. The fourth-order valence-corrected chi connectivity index (χ4v) is 4.83. The number of carbonyl (C=O) groups is 2. The second-order valence-corrected chi connectivity index (χ2v) is 8.80. The van der Waals surface area contributed by atoms with Crippen LogP contribution in [0.1, 0.15) is 25.3 Å². The lowest BCUT2D eigenvalue weighted by Crippen LogP contribution is -2.42. The quantitative estimate of drug-likeness (QED) is 0.590. The zero-order valence-corrected chi connectivity index (χ0v) is 18.9. The molecule has 1 atom stereocenters. The molecule has 1 aromatic carbocycles. The normalized spacial score (nSPS) is 16.2. The number of benzene rings is 1. The van der Waals surface area contributed by atoms with Gasteiger partial charge in [-0.3, -0.25) is 19.0 Å². The predicted molar refractivity (Wildman–Crippen MR) is 125 cm³/mol. The number of nitrogens with one attached hydrogen (secondary N) is 2. The van der Waals surface area contributed by atoms with Gasteiger partial charge in [0.1, 0.15) is 17.6 Å². The molecule has 3 heterocycles. The Kier molecular flexibility index (Phi) is 6.50. The van der Waals surface area contributed by atoms with Crippen molar-refractivity contribution in [2.24, 2.45) is 5.92 Å². The number of fused-ring (bicyclic) bond motifs is 1. The summed E-state index contributed by atoms with van der Waals surface area (Å²) in [5, 5.41) is 6.19. The van der Waals surface area contributed by atoms with Gasteiger partial charge >= 0.3 is 0 Å². The van der Waals surface area contributed by atoms with Gasteiger partial charge in [-0.15, -0.1) is 0 Å². The molecular weight excluding hydrogens is 428 g/mol. The van der Waals surface area contributed by atoms with E-state index in [0.717, 1.165) is 25.8 Å². The van der Waals surface area contributed by atoms with E-state index in [1.807, 2.05) is 29.2 Å². The molecule has 2 amide bonds. The molecule has 3 aromatic rings. The Morgan fingerprint density at radius 2 is 2.03 bits per heavy atom.